The number of cyclic esters (lactones) is 1. The Morgan fingerprint density at radius 2 is 2.05 bits per heavy atom. The number of esters is 1. The van der Waals surface area contributed by atoms with Crippen LogP contribution in [-0.4, -0.2) is 35.0 Å². The van der Waals surface area contributed by atoms with Gasteiger partial charge in [-0.3, -0.25) is 4.79 Å². The molecule has 1 saturated carbocycles. The lowest BCUT2D eigenvalue weighted by atomic mass is 9.87. The summed E-state index contributed by atoms with van der Waals surface area (Å²) in [6.45, 7) is -0.0641. The molecule has 2 heterocycles. The summed E-state index contributed by atoms with van der Waals surface area (Å²) in [7, 11) is 0. The molecule has 118 valence electrons. The third-order valence-corrected chi connectivity index (χ3v) is 5.47. The van der Waals surface area contributed by atoms with Gasteiger partial charge in [0, 0.05) is 46.9 Å². The third kappa shape index (κ3) is 2.08. The van der Waals surface area contributed by atoms with Crippen molar-refractivity contribution in [2.45, 2.75) is 43.5 Å². The fourth-order valence-electron chi connectivity index (χ4n) is 4.02. The predicted octanol–water partition coefficient (Wildman–Crippen LogP) is 2.04. The Bertz CT molecular complexity index is 631. The van der Waals surface area contributed by atoms with E-state index in [4.69, 9.17) is 9.47 Å². The fraction of sp³-hybridized carbons (Fsp3) is 0.562. The lowest BCUT2D eigenvalue weighted by Gasteiger charge is -2.19. The minimum Gasteiger partial charge on any atom is -0.489 e. The average Bonchev–Trinajstić information content (AvgIpc) is 3.12. The highest BCUT2D eigenvalue weighted by molar-refractivity contribution is 9.10. The van der Waals surface area contributed by atoms with Gasteiger partial charge in [0.2, 0.25) is 0 Å². The van der Waals surface area contributed by atoms with E-state index in [1.165, 1.54) is 0 Å². The first-order chi connectivity index (χ1) is 10.6. The van der Waals surface area contributed by atoms with Crippen LogP contribution in [0.15, 0.2) is 16.6 Å². The van der Waals surface area contributed by atoms with Crippen LogP contribution >= 0.6 is 15.9 Å². The molecule has 1 aromatic carbocycles. The molecule has 3 aliphatic rings. The highest BCUT2D eigenvalue weighted by Gasteiger charge is 2.50. The molecule has 1 aromatic rings. The van der Waals surface area contributed by atoms with E-state index in [0.717, 1.165) is 21.3 Å². The first kappa shape index (κ1) is 14.5. The molecule has 1 unspecified atom stereocenters. The van der Waals surface area contributed by atoms with Gasteiger partial charge in [-0.15, -0.1) is 0 Å². The Kier molecular flexibility index (Phi) is 3.43. The van der Waals surface area contributed by atoms with Gasteiger partial charge in [-0.2, -0.15) is 0 Å². The SMILES string of the molecule is O=C1CCC(c2cc(Br)cc3c2O[C@H]2C[C@@H](O)[C@H](CO)[C@@H]32)O1. The standard InChI is InChI=1S/C16H17BrO5/c17-7-3-8(12-1-2-14(20)21-12)16-9(4-7)15-10(6-18)11(19)5-13(15)22-16/h3-4,10-13,15,18-19H,1-2,5-6H2/t10-,11+,12?,13-,15+/m0/s1. The normalized spacial score (nSPS) is 36.0. The Hall–Kier alpha value is -1.11. The van der Waals surface area contributed by atoms with E-state index in [1.807, 2.05) is 12.1 Å². The van der Waals surface area contributed by atoms with Crippen LogP contribution < -0.4 is 4.74 Å². The number of aliphatic hydroxyl groups excluding tert-OH is 2. The van der Waals surface area contributed by atoms with Crippen molar-refractivity contribution < 1.29 is 24.5 Å². The van der Waals surface area contributed by atoms with Gasteiger partial charge in [-0.1, -0.05) is 15.9 Å². The van der Waals surface area contributed by atoms with Crippen LogP contribution in [0, 0.1) is 5.92 Å². The third-order valence-electron chi connectivity index (χ3n) is 5.01. The van der Waals surface area contributed by atoms with E-state index in [2.05, 4.69) is 15.9 Å². The number of ether oxygens (including phenoxy) is 2. The zero-order chi connectivity index (χ0) is 15.4. The molecular weight excluding hydrogens is 352 g/mol. The van der Waals surface area contributed by atoms with Crippen LogP contribution in [-0.2, 0) is 9.53 Å². The zero-order valence-corrected chi connectivity index (χ0v) is 13.5. The molecule has 0 spiro atoms. The van der Waals surface area contributed by atoms with Gasteiger partial charge in [0.15, 0.2) is 0 Å². The number of aliphatic hydroxyl groups is 2. The number of fused-ring (bicyclic) bond motifs is 3. The van der Waals surface area contributed by atoms with Crippen LogP contribution in [0.5, 0.6) is 5.75 Å². The molecule has 0 aromatic heterocycles. The summed E-state index contributed by atoms with van der Waals surface area (Å²) in [5.41, 5.74) is 1.88. The molecule has 4 rings (SSSR count). The van der Waals surface area contributed by atoms with Crippen LogP contribution in [0.2, 0.25) is 0 Å². The van der Waals surface area contributed by atoms with Crippen LogP contribution in [0.3, 0.4) is 0 Å². The van der Waals surface area contributed by atoms with Gasteiger partial charge in [-0.05, 0) is 18.6 Å². The Balaban J connectivity index is 1.77. The van der Waals surface area contributed by atoms with Crippen LogP contribution in [0.4, 0.5) is 0 Å². The van der Waals surface area contributed by atoms with Gasteiger partial charge in [0.05, 0.1) is 6.10 Å². The maximum atomic E-state index is 11.4. The van der Waals surface area contributed by atoms with Crippen LogP contribution in [0.25, 0.3) is 0 Å². The Morgan fingerprint density at radius 3 is 2.73 bits per heavy atom. The van der Waals surface area contributed by atoms with E-state index >= 15 is 0 Å². The highest BCUT2D eigenvalue weighted by atomic mass is 79.9. The van der Waals surface area contributed by atoms with E-state index in [9.17, 15) is 15.0 Å². The lowest BCUT2D eigenvalue weighted by Crippen LogP contribution is -2.22. The fourth-order valence-corrected chi connectivity index (χ4v) is 4.51. The largest absolute Gasteiger partial charge is 0.489 e. The quantitative estimate of drug-likeness (QED) is 0.781. The Morgan fingerprint density at radius 1 is 1.27 bits per heavy atom. The number of benzene rings is 1. The van der Waals surface area contributed by atoms with Crippen molar-refractivity contribution in [3.63, 3.8) is 0 Å². The van der Waals surface area contributed by atoms with Crippen molar-refractivity contribution in [2.75, 3.05) is 6.61 Å². The maximum Gasteiger partial charge on any atom is 0.306 e. The molecule has 2 fully saturated rings. The molecule has 2 N–H and O–H groups in total. The molecule has 1 saturated heterocycles. The van der Waals surface area contributed by atoms with Gasteiger partial charge >= 0.3 is 5.97 Å². The molecule has 0 bridgehead atoms. The van der Waals surface area contributed by atoms with Crippen molar-refractivity contribution >= 4 is 21.9 Å². The summed E-state index contributed by atoms with van der Waals surface area (Å²) in [5.74, 6) is 0.367. The van der Waals surface area contributed by atoms with Crippen molar-refractivity contribution in [2.24, 2.45) is 5.92 Å². The second-order valence-electron chi connectivity index (χ2n) is 6.26. The monoisotopic (exact) mass is 368 g/mol. The topological polar surface area (TPSA) is 76.0 Å². The molecule has 0 amide bonds. The molecule has 6 heteroatoms. The van der Waals surface area contributed by atoms with Gasteiger partial charge < -0.3 is 19.7 Å². The minimum absolute atomic E-state index is 0.0108. The van der Waals surface area contributed by atoms with Crippen molar-refractivity contribution in [1.82, 2.24) is 0 Å². The maximum absolute atomic E-state index is 11.4. The summed E-state index contributed by atoms with van der Waals surface area (Å²) < 4.78 is 12.4. The molecule has 5 atom stereocenters. The number of carbonyl (C=O) groups is 1. The van der Waals surface area contributed by atoms with Crippen LogP contribution in [0.1, 0.15) is 42.4 Å². The molecule has 1 aliphatic carbocycles. The second-order valence-corrected chi connectivity index (χ2v) is 7.18. The average molecular weight is 369 g/mol. The summed E-state index contributed by atoms with van der Waals surface area (Å²) in [6.07, 6.45) is 0.678. The lowest BCUT2D eigenvalue weighted by molar-refractivity contribution is -0.141. The molecular formula is C16H17BrO5. The van der Waals surface area contributed by atoms with E-state index in [0.29, 0.717) is 19.3 Å². The van der Waals surface area contributed by atoms with Crippen molar-refractivity contribution in [1.29, 1.82) is 0 Å². The van der Waals surface area contributed by atoms with E-state index in [1.54, 1.807) is 0 Å². The Labute approximate surface area is 136 Å². The number of hydrogen-bond acceptors (Lipinski definition) is 5. The number of carbonyl (C=O) groups excluding carboxylic acids is 1. The predicted molar refractivity (Wildman–Crippen MR) is 80.6 cm³/mol. The summed E-state index contributed by atoms with van der Waals surface area (Å²) in [6, 6.07) is 3.93. The number of hydrogen-bond donors (Lipinski definition) is 2. The zero-order valence-electron chi connectivity index (χ0n) is 11.9. The smallest absolute Gasteiger partial charge is 0.306 e. The van der Waals surface area contributed by atoms with Crippen molar-refractivity contribution in [3.8, 4) is 5.75 Å². The van der Waals surface area contributed by atoms with Gasteiger partial charge in [-0.25, -0.2) is 0 Å². The molecule has 22 heavy (non-hydrogen) atoms. The summed E-state index contributed by atoms with van der Waals surface area (Å²) in [5, 5.41) is 19.7. The molecule has 0 radical (unpaired) electrons. The summed E-state index contributed by atoms with van der Waals surface area (Å²) in [4.78, 5) is 11.4. The first-order valence-electron chi connectivity index (χ1n) is 7.57. The van der Waals surface area contributed by atoms with Gasteiger partial charge in [0.1, 0.15) is 18.0 Å². The second kappa shape index (κ2) is 5.22. The van der Waals surface area contributed by atoms with Crippen molar-refractivity contribution in [3.05, 3.63) is 27.7 Å². The van der Waals surface area contributed by atoms with E-state index in [-0.39, 0.29) is 36.6 Å². The highest BCUT2D eigenvalue weighted by Crippen LogP contribution is 2.54. The summed E-state index contributed by atoms with van der Waals surface area (Å²) >= 11 is 3.51. The molecule has 2 aliphatic heterocycles. The minimum atomic E-state index is -0.542. The van der Waals surface area contributed by atoms with Gasteiger partial charge in [0.25, 0.3) is 0 Å². The number of halogens is 1. The number of rotatable bonds is 2. The first-order valence-corrected chi connectivity index (χ1v) is 8.36. The van der Waals surface area contributed by atoms with E-state index < -0.39 is 6.10 Å². The molecule has 5 nitrogen and oxygen atoms in total.